The Bertz CT molecular complexity index is 506. The van der Waals surface area contributed by atoms with E-state index in [0.29, 0.717) is 5.56 Å². The van der Waals surface area contributed by atoms with Gasteiger partial charge in [-0.05, 0) is 56.3 Å². The molecule has 0 aromatic heterocycles. The van der Waals surface area contributed by atoms with Gasteiger partial charge in [-0.3, -0.25) is 0 Å². The van der Waals surface area contributed by atoms with Gasteiger partial charge in [0.25, 0.3) is 0 Å². The van der Waals surface area contributed by atoms with Crippen LogP contribution in [0.2, 0.25) is 38.8 Å². The third-order valence-corrected chi connectivity index (χ3v) is 8.50. The average Bonchev–Trinajstić information content (AvgIpc) is 2.67. The second-order valence-corrected chi connectivity index (χ2v) is 16.7. The molecule has 1 fully saturated rings. The van der Waals surface area contributed by atoms with Gasteiger partial charge in [-0.15, -0.1) is 0 Å². The minimum atomic E-state index is -1.82. The number of benzene rings is 1. The molecule has 0 radical (unpaired) electrons. The smallest absolute Gasteiger partial charge is 0.324 e. The van der Waals surface area contributed by atoms with Crippen molar-refractivity contribution in [1.29, 1.82) is 0 Å². The van der Waals surface area contributed by atoms with E-state index in [1.807, 2.05) is 31.8 Å². The molecular formula is C16H27NO2Si2. The molecule has 0 saturated carbocycles. The Kier molecular flexibility index (Phi) is 4.75. The summed E-state index contributed by atoms with van der Waals surface area (Å²) in [4.78, 5) is 12.0. The molecule has 1 aromatic carbocycles. The van der Waals surface area contributed by atoms with Crippen molar-refractivity contribution >= 4 is 22.5 Å². The Labute approximate surface area is 130 Å². The van der Waals surface area contributed by atoms with E-state index in [1.165, 1.54) is 24.6 Å². The number of hydrogen-bond acceptors (Lipinski definition) is 3. The van der Waals surface area contributed by atoms with Gasteiger partial charge in [0.2, 0.25) is 8.32 Å². The maximum atomic E-state index is 12.0. The van der Waals surface area contributed by atoms with Gasteiger partial charge < -0.3 is 8.99 Å². The van der Waals surface area contributed by atoms with Gasteiger partial charge in [0.15, 0.2) is 0 Å². The van der Waals surface area contributed by atoms with E-state index in [2.05, 4.69) is 29.8 Å². The SMILES string of the molecule is C[Si](C)(C)OC(=O)c1ccc(CN2CCC[Si]2(C)C)cc1. The van der Waals surface area contributed by atoms with Gasteiger partial charge in [0, 0.05) is 6.54 Å². The zero-order valence-electron chi connectivity index (χ0n) is 13.9. The molecule has 1 heterocycles. The predicted molar refractivity (Wildman–Crippen MR) is 92.5 cm³/mol. The fourth-order valence-corrected chi connectivity index (χ4v) is 6.15. The average molecular weight is 322 g/mol. The van der Waals surface area contributed by atoms with Gasteiger partial charge in [-0.1, -0.05) is 25.2 Å². The number of hydrogen-bond donors (Lipinski definition) is 0. The zero-order valence-corrected chi connectivity index (χ0v) is 15.9. The minimum absolute atomic E-state index is 0.184. The van der Waals surface area contributed by atoms with E-state index in [9.17, 15) is 4.79 Å². The van der Waals surface area contributed by atoms with Crippen molar-refractivity contribution in [3.05, 3.63) is 35.4 Å². The Balaban J connectivity index is 2.01. The second kappa shape index (κ2) is 6.06. The molecule has 0 spiro atoms. The van der Waals surface area contributed by atoms with Crippen LogP contribution in [-0.2, 0) is 11.0 Å². The summed E-state index contributed by atoms with van der Waals surface area (Å²) in [5, 5.41) is 0. The number of nitrogens with zero attached hydrogens (tertiary/aromatic N) is 1. The van der Waals surface area contributed by atoms with Crippen LogP contribution in [0.15, 0.2) is 24.3 Å². The van der Waals surface area contributed by atoms with Crippen molar-refractivity contribution in [2.45, 2.75) is 51.7 Å². The molecule has 0 N–H and O–H groups in total. The molecule has 1 saturated heterocycles. The first-order valence-electron chi connectivity index (χ1n) is 7.75. The van der Waals surface area contributed by atoms with Crippen LogP contribution < -0.4 is 0 Å². The maximum absolute atomic E-state index is 12.0. The number of carbonyl (C=O) groups is 1. The van der Waals surface area contributed by atoms with Crippen LogP contribution in [0.3, 0.4) is 0 Å². The van der Waals surface area contributed by atoms with Gasteiger partial charge in [0.1, 0.15) is 8.24 Å². The largest absolute Gasteiger partial charge is 0.516 e. The number of rotatable bonds is 4. The lowest BCUT2D eigenvalue weighted by Gasteiger charge is -2.29. The molecule has 2 rings (SSSR count). The lowest BCUT2D eigenvalue weighted by molar-refractivity contribution is 0.0724. The van der Waals surface area contributed by atoms with Crippen LogP contribution in [0.4, 0.5) is 0 Å². The van der Waals surface area contributed by atoms with E-state index in [4.69, 9.17) is 4.43 Å². The monoisotopic (exact) mass is 321 g/mol. The van der Waals surface area contributed by atoms with E-state index in [-0.39, 0.29) is 5.97 Å². The highest BCUT2D eigenvalue weighted by Gasteiger charge is 2.33. The predicted octanol–water partition coefficient (Wildman–Crippen LogP) is 4.09. The molecule has 0 unspecified atom stereocenters. The minimum Gasteiger partial charge on any atom is -0.516 e. The van der Waals surface area contributed by atoms with Crippen LogP contribution in [-0.4, -0.2) is 33.6 Å². The standard InChI is InChI=1S/C16H27NO2Si2/c1-20(2,3)19-16(18)15-9-7-14(8-10-15)13-17-11-6-12-21(17,4)5/h7-10H,6,11-13H2,1-5H3. The Morgan fingerprint density at radius 1 is 1.24 bits per heavy atom. The van der Waals surface area contributed by atoms with Crippen molar-refractivity contribution in [1.82, 2.24) is 4.57 Å². The van der Waals surface area contributed by atoms with Gasteiger partial charge in [-0.25, -0.2) is 4.79 Å². The van der Waals surface area contributed by atoms with Gasteiger partial charge in [0.05, 0.1) is 5.56 Å². The summed E-state index contributed by atoms with van der Waals surface area (Å²) in [6.07, 6.45) is 1.33. The van der Waals surface area contributed by atoms with E-state index in [1.54, 1.807) is 0 Å². The normalized spacial score (nSPS) is 18.7. The van der Waals surface area contributed by atoms with E-state index < -0.39 is 16.6 Å². The molecule has 0 amide bonds. The van der Waals surface area contributed by atoms with E-state index >= 15 is 0 Å². The lowest BCUT2D eigenvalue weighted by atomic mass is 10.1. The maximum Gasteiger partial charge on any atom is 0.324 e. The second-order valence-electron chi connectivity index (χ2n) is 7.54. The molecular weight excluding hydrogens is 294 g/mol. The summed E-state index contributed by atoms with van der Waals surface area (Å²) in [5.41, 5.74) is 1.96. The van der Waals surface area contributed by atoms with Crippen LogP contribution >= 0.6 is 0 Å². The van der Waals surface area contributed by atoms with Gasteiger partial charge >= 0.3 is 5.97 Å². The molecule has 1 aromatic rings. The third kappa shape index (κ3) is 4.53. The van der Waals surface area contributed by atoms with Crippen molar-refractivity contribution < 1.29 is 9.22 Å². The first-order chi connectivity index (χ1) is 9.67. The molecule has 0 bridgehead atoms. The van der Waals surface area contributed by atoms with Gasteiger partial charge in [-0.2, -0.15) is 0 Å². The molecule has 0 atom stereocenters. The highest BCUT2D eigenvalue weighted by atomic mass is 28.4. The molecule has 5 heteroatoms. The van der Waals surface area contributed by atoms with Crippen LogP contribution in [0.1, 0.15) is 22.3 Å². The van der Waals surface area contributed by atoms with Crippen molar-refractivity contribution in [3.8, 4) is 0 Å². The lowest BCUT2D eigenvalue weighted by Crippen LogP contribution is -2.42. The fraction of sp³-hybridized carbons (Fsp3) is 0.562. The summed E-state index contributed by atoms with van der Waals surface area (Å²) < 4.78 is 8.18. The molecule has 116 valence electrons. The topological polar surface area (TPSA) is 29.5 Å². The van der Waals surface area contributed by atoms with Crippen molar-refractivity contribution in [2.24, 2.45) is 0 Å². The molecule has 1 aliphatic heterocycles. The Hall–Kier alpha value is -0.916. The fourth-order valence-electron chi connectivity index (χ4n) is 2.76. The summed E-state index contributed by atoms with van der Waals surface area (Å²) in [6.45, 7) is 13.2. The number of carbonyl (C=O) groups excluding carboxylic acids is 1. The summed E-state index contributed by atoms with van der Waals surface area (Å²) in [5.74, 6) is -0.184. The van der Waals surface area contributed by atoms with Crippen LogP contribution in [0, 0.1) is 0 Å². The Morgan fingerprint density at radius 3 is 2.33 bits per heavy atom. The summed E-state index contributed by atoms with van der Waals surface area (Å²) >= 11 is 0. The quantitative estimate of drug-likeness (QED) is 0.782. The third-order valence-electron chi connectivity index (χ3n) is 4.03. The highest BCUT2D eigenvalue weighted by Crippen LogP contribution is 2.27. The first kappa shape index (κ1) is 16.5. The van der Waals surface area contributed by atoms with Crippen molar-refractivity contribution in [3.63, 3.8) is 0 Å². The summed E-state index contributed by atoms with van der Waals surface area (Å²) in [6, 6.07) is 9.35. The zero-order chi connectivity index (χ0) is 15.7. The summed E-state index contributed by atoms with van der Waals surface area (Å²) in [7, 11) is -2.99. The molecule has 1 aliphatic rings. The van der Waals surface area contributed by atoms with Crippen molar-refractivity contribution in [2.75, 3.05) is 6.54 Å². The van der Waals surface area contributed by atoms with Crippen LogP contribution in [0.25, 0.3) is 0 Å². The van der Waals surface area contributed by atoms with E-state index in [0.717, 1.165) is 6.54 Å². The molecule has 0 aliphatic carbocycles. The molecule has 21 heavy (non-hydrogen) atoms. The molecule has 3 nitrogen and oxygen atoms in total. The van der Waals surface area contributed by atoms with Crippen LogP contribution in [0.5, 0.6) is 0 Å². The first-order valence-corrected chi connectivity index (χ1v) is 14.3. The Morgan fingerprint density at radius 2 is 1.86 bits per heavy atom. The highest BCUT2D eigenvalue weighted by molar-refractivity contribution is 6.75.